The lowest BCUT2D eigenvalue weighted by Gasteiger charge is -2.00. The van der Waals surface area contributed by atoms with Crippen molar-refractivity contribution in [3.05, 3.63) is 69.1 Å². The van der Waals surface area contributed by atoms with Gasteiger partial charge < -0.3 is 8.83 Å². The highest BCUT2D eigenvalue weighted by molar-refractivity contribution is 5.92. The van der Waals surface area contributed by atoms with Gasteiger partial charge in [-0.3, -0.25) is 10.1 Å². The van der Waals surface area contributed by atoms with Gasteiger partial charge in [0, 0.05) is 23.6 Å². The highest BCUT2D eigenvalue weighted by Gasteiger charge is 2.16. The summed E-state index contributed by atoms with van der Waals surface area (Å²) in [5.41, 5.74) is 1.06. The van der Waals surface area contributed by atoms with Gasteiger partial charge in [0.25, 0.3) is 5.69 Å². The number of benzene rings is 2. The molecule has 0 fully saturated rings. The summed E-state index contributed by atoms with van der Waals surface area (Å²) in [4.78, 5) is 26.3. The first-order valence-corrected chi connectivity index (χ1v) is 6.70. The average molecular weight is 308 g/mol. The van der Waals surface area contributed by atoms with E-state index in [4.69, 9.17) is 8.83 Å². The zero-order valence-electron chi connectivity index (χ0n) is 11.6. The Morgan fingerprint density at radius 1 is 1.00 bits per heavy atom. The van der Waals surface area contributed by atoms with Crippen molar-refractivity contribution in [2.75, 3.05) is 0 Å². The number of hydrogen-bond donors (Lipinski definition) is 0. The molecule has 0 bridgehead atoms. The molecule has 0 saturated carbocycles. The minimum absolute atomic E-state index is 0.0743. The van der Waals surface area contributed by atoms with E-state index in [1.807, 2.05) is 0 Å². The minimum Gasteiger partial charge on any atom is -0.436 e. The fourth-order valence-electron chi connectivity index (χ4n) is 2.43. The molecule has 7 heteroatoms. The Labute approximate surface area is 127 Å². The Kier molecular flexibility index (Phi) is 2.74. The van der Waals surface area contributed by atoms with E-state index in [-0.39, 0.29) is 11.6 Å². The van der Waals surface area contributed by atoms with Crippen LogP contribution in [0.15, 0.2) is 62.2 Å². The summed E-state index contributed by atoms with van der Waals surface area (Å²) in [6.07, 6.45) is 0. The molecule has 4 aromatic rings. The van der Waals surface area contributed by atoms with Crippen LogP contribution in [0.4, 0.5) is 5.69 Å². The Balaban J connectivity index is 1.99. The maximum absolute atomic E-state index is 11.7. The summed E-state index contributed by atoms with van der Waals surface area (Å²) in [7, 11) is 0. The fraction of sp³-hybridized carbons (Fsp3) is 0. The molecule has 4 rings (SSSR count). The second kappa shape index (κ2) is 4.77. The van der Waals surface area contributed by atoms with Crippen molar-refractivity contribution in [2.45, 2.75) is 0 Å². The summed E-state index contributed by atoms with van der Waals surface area (Å²) in [6, 6.07) is 12.5. The summed E-state index contributed by atoms with van der Waals surface area (Å²) < 4.78 is 10.8. The van der Waals surface area contributed by atoms with E-state index in [9.17, 15) is 14.9 Å². The lowest BCUT2D eigenvalue weighted by molar-refractivity contribution is -0.384. The van der Waals surface area contributed by atoms with Crippen molar-refractivity contribution in [2.24, 2.45) is 0 Å². The monoisotopic (exact) mass is 308 g/mol. The molecule has 0 aliphatic carbocycles. The van der Waals surface area contributed by atoms with E-state index >= 15 is 0 Å². The van der Waals surface area contributed by atoms with Crippen LogP contribution in [0, 0.1) is 10.1 Å². The molecular formula is C16H8N2O5. The fourth-order valence-corrected chi connectivity index (χ4v) is 2.43. The second-order valence-electron chi connectivity index (χ2n) is 4.90. The van der Waals surface area contributed by atoms with Gasteiger partial charge in [-0.2, -0.15) is 0 Å². The van der Waals surface area contributed by atoms with Crippen LogP contribution in [0.25, 0.3) is 33.5 Å². The highest BCUT2D eigenvalue weighted by Crippen LogP contribution is 2.30. The molecule has 2 heterocycles. The number of hydrogen-bond acceptors (Lipinski definition) is 6. The standard InChI is InChI=1S/C16H8N2O5/c19-15-8-11(10-3-1-2-4-13(10)22-15)16-17-12-7-9(18(20)21)5-6-14(12)23-16/h1-8H. The van der Waals surface area contributed by atoms with E-state index in [2.05, 4.69) is 4.98 Å². The van der Waals surface area contributed by atoms with Crippen LogP contribution in [0.1, 0.15) is 0 Å². The van der Waals surface area contributed by atoms with Crippen LogP contribution in [0.3, 0.4) is 0 Å². The first-order chi connectivity index (χ1) is 11.1. The topological polar surface area (TPSA) is 99.4 Å². The third-order valence-corrected chi connectivity index (χ3v) is 3.46. The molecule has 0 atom stereocenters. The van der Waals surface area contributed by atoms with Crippen LogP contribution in [0.2, 0.25) is 0 Å². The second-order valence-corrected chi connectivity index (χ2v) is 4.90. The Morgan fingerprint density at radius 3 is 2.65 bits per heavy atom. The van der Waals surface area contributed by atoms with Crippen molar-refractivity contribution in [1.29, 1.82) is 0 Å². The summed E-state index contributed by atoms with van der Waals surface area (Å²) in [5.74, 6) is 0.213. The largest absolute Gasteiger partial charge is 0.436 e. The lowest BCUT2D eigenvalue weighted by Crippen LogP contribution is -1.97. The third-order valence-electron chi connectivity index (χ3n) is 3.46. The number of nitro groups is 1. The molecule has 2 aromatic heterocycles. The van der Waals surface area contributed by atoms with E-state index in [1.165, 1.54) is 24.3 Å². The van der Waals surface area contributed by atoms with E-state index in [0.29, 0.717) is 27.6 Å². The predicted octanol–water partition coefficient (Wildman–Crippen LogP) is 3.51. The molecule has 0 unspecified atom stereocenters. The summed E-state index contributed by atoms with van der Waals surface area (Å²) in [5, 5.41) is 11.5. The Morgan fingerprint density at radius 2 is 1.83 bits per heavy atom. The lowest BCUT2D eigenvalue weighted by atomic mass is 10.1. The maximum atomic E-state index is 11.7. The summed E-state index contributed by atoms with van der Waals surface area (Å²) >= 11 is 0. The molecule has 0 N–H and O–H groups in total. The molecule has 2 aromatic carbocycles. The SMILES string of the molecule is O=c1cc(-c2nc3cc([N+](=O)[O-])ccc3o2)c2ccccc2o1. The minimum atomic E-state index is -0.521. The number of para-hydroxylation sites is 1. The average Bonchev–Trinajstić information content (AvgIpc) is 2.96. The Hall–Kier alpha value is -3.48. The quantitative estimate of drug-likeness (QED) is 0.319. The number of rotatable bonds is 2. The van der Waals surface area contributed by atoms with Crippen LogP contribution in [-0.2, 0) is 0 Å². The molecule has 0 amide bonds. The maximum Gasteiger partial charge on any atom is 0.337 e. The molecule has 112 valence electrons. The molecule has 0 aliphatic heterocycles. The zero-order chi connectivity index (χ0) is 16.0. The highest BCUT2D eigenvalue weighted by atomic mass is 16.6. The first-order valence-electron chi connectivity index (χ1n) is 6.70. The van der Waals surface area contributed by atoms with Gasteiger partial charge in [0.2, 0.25) is 5.89 Å². The molecule has 7 nitrogen and oxygen atoms in total. The van der Waals surface area contributed by atoms with Crippen LogP contribution in [-0.4, -0.2) is 9.91 Å². The molecule has 0 radical (unpaired) electrons. The van der Waals surface area contributed by atoms with Crippen molar-refractivity contribution >= 4 is 27.8 Å². The molecule has 0 saturated heterocycles. The van der Waals surface area contributed by atoms with Crippen molar-refractivity contribution < 1.29 is 13.8 Å². The smallest absolute Gasteiger partial charge is 0.337 e. The van der Waals surface area contributed by atoms with Gasteiger partial charge in [-0.25, -0.2) is 9.78 Å². The van der Waals surface area contributed by atoms with Gasteiger partial charge >= 0.3 is 5.63 Å². The summed E-state index contributed by atoms with van der Waals surface area (Å²) in [6.45, 7) is 0. The van der Waals surface area contributed by atoms with E-state index < -0.39 is 10.5 Å². The molecule has 0 spiro atoms. The van der Waals surface area contributed by atoms with Gasteiger partial charge in [0.15, 0.2) is 5.58 Å². The molecular weight excluding hydrogens is 300 g/mol. The number of nitrogens with zero attached hydrogens (tertiary/aromatic N) is 2. The van der Waals surface area contributed by atoms with E-state index in [0.717, 1.165) is 0 Å². The molecule has 23 heavy (non-hydrogen) atoms. The zero-order valence-corrected chi connectivity index (χ0v) is 11.6. The van der Waals surface area contributed by atoms with Gasteiger partial charge in [0.1, 0.15) is 11.1 Å². The van der Waals surface area contributed by atoms with Crippen LogP contribution < -0.4 is 5.63 Å². The third kappa shape index (κ3) is 2.15. The van der Waals surface area contributed by atoms with Gasteiger partial charge in [-0.1, -0.05) is 18.2 Å². The van der Waals surface area contributed by atoms with Crippen LogP contribution in [0.5, 0.6) is 0 Å². The number of nitro benzene ring substituents is 1. The number of fused-ring (bicyclic) bond motifs is 2. The van der Waals surface area contributed by atoms with Gasteiger partial charge in [-0.15, -0.1) is 0 Å². The Bertz CT molecular complexity index is 1130. The predicted molar refractivity (Wildman–Crippen MR) is 82.1 cm³/mol. The number of aromatic nitrogens is 1. The van der Waals surface area contributed by atoms with E-state index in [1.54, 1.807) is 24.3 Å². The number of non-ortho nitro benzene ring substituents is 1. The van der Waals surface area contributed by atoms with Crippen molar-refractivity contribution in [3.8, 4) is 11.5 Å². The van der Waals surface area contributed by atoms with Gasteiger partial charge in [0.05, 0.1) is 10.5 Å². The van der Waals surface area contributed by atoms with Crippen molar-refractivity contribution in [3.63, 3.8) is 0 Å². The van der Waals surface area contributed by atoms with Gasteiger partial charge in [-0.05, 0) is 12.1 Å². The number of oxazole rings is 1. The normalized spacial score (nSPS) is 11.1. The van der Waals surface area contributed by atoms with Crippen molar-refractivity contribution in [1.82, 2.24) is 4.98 Å². The van der Waals surface area contributed by atoms with Crippen LogP contribution >= 0.6 is 0 Å². The first kappa shape index (κ1) is 13.2. The molecule has 0 aliphatic rings.